The first-order valence-corrected chi connectivity index (χ1v) is 7.17. The molecule has 78 valence electrons. The fourth-order valence-corrected chi connectivity index (χ4v) is 3.68. The van der Waals surface area contributed by atoms with Crippen molar-refractivity contribution in [2.45, 2.75) is 11.2 Å². The van der Waals surface area contributed by atoms with Crippen LogP contribution in [-0.4, -0.2) is 30.2 Å². The number of aromatic nitrogens is 1. The largest absolute Gasteiger partial charge is 0.261 e. The Morgan fingerprint density at radius 3 is 2.71 bits per heavy atom. The van der Waals surface area contributed by atoms with Gasteiger partial charge in [-0.2, -0.15) is 0 Å². The second-order valence-corrected chi connectivity index (χ2v) is 6.69. The number of hydrogen-bond donors (Lipinski definition) is 0. The Labute approximate surface area is 92.6 Å². The van der Waals surface area contributed by atoms with Crippen molar-refractivity contribution in [2.24, 2.45) is 0 Å². The van der Waals surface area contributed by atoms with E-state index >= 15 is 0 Å². The van der Waals surface area contributed by atoms with Crippen LogP contribution in [0.25, 0.3) is 0 Å². The number of hydrogen-bond acceptors (Lipinski definition) is 3. The zero-order valence-corrected chi connectivity index (χ0v) is 10.3. The Balaban J connectivity index is 2.54. The first-order chi connectivity index (χ1) is 6.47. The molecule has 1 atom stereocenters. The molecule has 0 aromatic carbocycles. The molecule has 1 rings (SSSR count). The van der Waals surface area contributed by atoms with E-state index in [1.165, 1.54) is 6.26 Å². The van der Waals surface area contributed by atoms with E-state index in [1.807, 2.05) is 18.2 Å². The molecule has 0 amide bonds. The van der Waals surface area contributed by atoms with Crippen LogP contribution >= 0.6 is 15.9 Å². The van der Waals surface area contributed by atoms with Crippen molar-refractivity contribution in [2.75, 3.05) is 12.0 Å². The molecule has 0 saturated heterocycles. The van der Waals surface area contributed by atoms with E-state index in [-0.39, 0.29) is 10.6 Å². The lowest BCUT2D eigenvalue weighted by atomic mass is 10.2. The summed E-state index contributed by atoms with van der Waals surface area (Å²) in [6.45, 7) is 0. The molecule has 1 aromatic rings. The number of nitrogens with zero attached hydrogens (tertiary/aromatic N) is 1. The van der Waals surface area contributed by atoms with Gasteiger partial charge in [0.1, 0.15) is 9.84 Å². The summed E-state index contributed by atoms with van der Waals surface area (Å²) < 4.78 is 22.0. The Bertz CT molecular complexity index is 377. The highest BCUT2D eigenvalue weighted by atomic mass is 79.9. The Hall–Kier alpha value is -0.420. The van der Waals surface area contributed by atoms with Gasteiger partial charge in [0.05, 0.1) is 5.75 Å². The zero-order chi connectivity index (χ0) is 10.6. The predicted molar refractivity (Wildman–Crippen MR) is 60.4 cm³/mol. The molecule has 1 heterocycles. The van der Waals surface area contributed by atoms with E-state index in [4.69, 9.17) is 0 Å². The van der Waals surface area contributed by atoms with Crippen LogP contribution in [0.15, 0.2) is 24.4 Å². The average Bonchev–Trinajstić information content (AvgIpc) is 2.02. The second-order valence-electron chi connectivity index (χ2n) is 3.21. The maximum absolute atomic E-state index is 11.0. The molecule has 0 radical (unpaired) electrons. The van der Waals surface area contributed by atoms with Gasteiger partial charge in [0.2, 0.25) is 0 Å². The van der Waals surface area contributed by atoms with Crippen molar-refractivity contribution in [3.63, 3.8) is 0 Å². The number of sulfone groups is 1. The van der Waals surface area contributed by atoms with Gasteiger partial charge in [0, 0.05) is 29.4 Å². The van der Waals surface area contributed by atoms with E-state index in [2.05, 4.69) is 20.9 Å². The van der Waals surface area contributed by atoms with Crippen molar-refractivity contribution in [3.05, 3.63) is 30.1 Å². The van der Waals surface area contributed by atoms with Crippen molar-refractivity contribution in [1.29, 1.82) is 0 Å². The topological polar surface area (TPSA) is 47.0 Å². The van der Waals surface area contributed by atoms with E-state index in [9.17, 15) is 8.42 Å². The normalized spacial score (nSPS) is 13.9. The summed E-state index contributed by atoms with van der Waals surface area (Å²) in [5.41, 5.74) is 0.901. The predicted octanol–water partition coefficient (Wildman–Crippen LogP) is 1.43. The van der Waals surface area contributed by atoms with Crippen molar-refractivity contribution in [3.8, 4) is 0 Å². The Morgan fingerprint density at radius 2 is 2.21 bits per heavy atom. The molecule has 1 aromatic heterocycles. The molecule has 0 spiro atoms. The minimum absolute atomic E-state index is 0.0626. The summed E-state index contributed by atoms with van der Waals surface area (Å²) in [6.07, 6.45) is 3.57. The average molecular weight is 278 g/mol. The highest BCUT2D eigenvalue weighted by molar-refractivity contribution is 9.09. The molecule has 0 saturated carbocycles. The van der Waals surface area contributed by atoms with Gasteiger partial charge in [-0.1, -0.05) is 22.0 Å². The third kappa shape index (κ3) is 4.72. The third-order valence-corrected chi connectivity index (χ3v) is 3.72. The lowest BCUT2D eigenvalue weighted by molar-refractivity contribution is 0.600. The quantitative estimate of drug-likeness (QED) is 0.783. The fraction of sp³-hybridized carbons (Fsp3) is 0.444. The summed E-state index contributed by atoms with van der Waals surface area (Å²) in [7, 11) is -2.92. The van der Waals surface area contributed by atoms with E-state index in [0.29, 0.717) is 6.42 Å². The van der Waals surface area contributed by atoms with Gasteiger partial charge in [-0.05, 0) is 12.1 Å². The van der Waals surface area contributed by atoms with E-state index in [1.54, 1.807) is 6.20 Å². The van der Waals surface area contributed by atoms with Gasteiger partial charge in [0.25, 0.3) is 0 Å². The molecule has 0 aliphatic rings. The summed E-state index contributed by atoms with van der Waals surface area (Å²) in [4.78, 5) is 4.06. The van der Waals surface area contributed by atoms with Gasteiger partial charge in [-0.25, -0.2) is 8.42 Å². The highest BCUT2D eigenvalue weighted by Gasteiger charge is 2.12. The number of rotatable bonds is 4. The van der Waals surface area contributed by atoms with Gasteiger partial charge >= 0.3 is 0 Å². The zero-order valence-electron chi connectivity index (χ0n) is 7.85. The number of halogens is 1. The molecule has 5 heteroatoms. The minimum Gasteiger partial charge on any atom is -0.261 e. The number of pyridine rings is 1. The summed E-state index contributed by atoms with van der Waals surface area (Å²) in [6, 6.07) is 5.61. The SMILES string of the molecule is CS(=O)(=O)CC(Br)Cc1ccccn1. The number of alkyl halides is 1. The first-order valence-electron chi connectivity index (χ1n) is 4.19. The summed E-state index contributed by atoms with van der Waals surface area (Å²) >= 11 is 3.33. The van der Waals surface area contributed by atoms with E-state index in [0.717, 1.165) is 5.69 Å². The standard InChI is InChI=1S/C9H12BrNO2S/c1-14(12,13)7-8(10)6-9-4-2-3-5-11-9/h2-5,8H,6-7H2,1H3. The summed E-state index contributed by atoms with van der Waals surface area (Å²) in [5, 5.41) is 0. The smallest absolute Gasteiger partial charge is 0.148 e. The molecule has 0 bridgehead atoms. The molecular weight excluding hydrogens is 266 g/mol. The first kappa shape index (κ1) is 11.7. The second kappa shape index (κ2) is 4.89. The maximum Gasteiger partial charge on any atom is 0.148 e. The minimum atomic E-state index is -2.92. The molecule has 3 nitrogen and oxygen atoms in total. The van der Waals surface area contributed by atoms with Crippen LogP contribution in [0.1, 0.15) is 5.69 Å². The molecule has 14 heavy (non-hydrogen) atoms. The third-order valence-electron chi connectivity index (χ3n) is 1.64. The van der Waals surface area contributed by atoms with Crippen LogP contribution < -0.4 is 0 Å². The lowest BCUT2D eigenvalue weighted by Gasteiger charge is -2.06. The molecule has 0 N–H and O–H groups in total. The molecule has 1 unspecified atom stereocenters. The van der Waals surface area contributed by atoms with Gasteiger partial charge in [-0.3, -0.25) is 4.98 Å². The van der Waals surface area contributed by atoms with Crippen LogP contribution in [0, 0.1) is 0 Å². The van der Waals surface area contributed by atoms with Crippen LogP contribution in [-0.2, 0) is 16.3 Å². The van der Waals surface area contributed by atoms with Crippen molar-refractivity contribution >= 4 is 25.8 Å². The lowest BCUT2D eigenvalue weighted by Crippen LogP contribution is -2.17. The van der Waals surface area contributed by atoms with Crippen LogP contribution in [0.2, 0.25) is 0 Å². The maximum atomic E-state index is 11.0. The van der Waals surface area contributed by atoms with Crippen LogP contribution in [0.5, 0.6) is 0 Å². The van der Waals surface area contributed by atoms with Gasteiger partial charge < -0.3 is 0 Å². The van der Waals surface area contributed by atoms with Gasteiger partial charge in [-0.15, -0.1) is 0 Å². The Morgan fingerprint density at radius 1 is 1.50 bits per heavy atom. The molecule has 0 aliphatic heterocycles. The summed E-state index contributed by atoms with van der Waals surface area (Å²) in [5.74, 6) is 0.142. The van der Waals surface area contributed by atoms with Crippen LogP contribution in [0.3, 0.4) is 0 Å². The Kier molecular flexibility index (Phi) is 4.07. The monoisotopic (exact) mass is 277 g/mol. The van der Waals surface area contributed by atoms with Crippen molar-refractivity contribution in [1.82, 2.24) is 4.98 Å². The molecule has 0 fully saturated rings. The fourth-order valence-electron chi connectivity index (χ4n) is 1.13. The highest BCUT2D eigenvalue weighted by Crippen LogP contribution is 2.09. The van der Waals surface area contributed by atoms with Crippen LogP contribution in [0.4, 0.5) is 0 Å². The molecule has 0 aliphatic carbocycles. The molecular formula is C9H12BrNO2S. The van der Waals surface area contributed by atoms with Gasteiger partial charge in [0.15, 0.2) is 0 Å². The van der Waals surface area contributed by atoms with E-state index < -0.39 is 9.84 Å². The van der Waals surface area contributed by atoms with Crippen molar-refractivity contribution < 1.29 is 8.42 Å².